The highest BCUT2D eigenvalue weighted by atomic mass is 19.1. The largest absolute Gasteiger partial charge is 0.337 e. The van der Waals surface area contributed by atoms with Gasteiger partial charge in [-0.2, -0.15) is 4.39 Å². The Hall–Kier alpha value is -2.28. The Morgan fingerprint density at radius 1 is 1.45 bits per heavy atom. The van der Waals surface area contributed by atoms with Crippen molar-refractivity contribution in [3.8, 4) is 0 Å². The standard InChI is InChI=1S/C13H15FN4O2/c1-16(9-12-15-6-7-17(12)2)8-10-4-3-5-11(13(10)14)18(19)20/h3-7H,8-9H2,1-2H3. The van der Waals surface area contributed by atoms with Crippen LogP contribution < -0.4 is 0 Å². The molecule has 0 bridgehead atoms. The van der Waals surface area contributed by atoms with E-state index in [1.54, 1.807) is 12.3 Å². The first-order valence-corrected chi connectivity index (χ1v) is 6.05. The predicted octanol–water partition coefficient (Wildman–Crippen LogP) is 2.10. The quantitative estimate of drug-likeness (QED) is 0.620. The van der Waals surface area contributed by atoms with Crippen LogP contribution in [0.15, 0.2) is 30.6 Å². The fraction of sp³-hybridized carbons (Fsp3) is 0.308. The van der Waals surface area contributed by atoms with Crippen LogP contribution in [0.25, 0.3) is 0 Å². The number of nitro groups is 1. The number of hydrogen-bond acceptors (Lipinski definition) is 4. The highest BCUT2D eigenvalue weighted by Crippen LogP contribution is 2.21. The Bertz CT molecular complexity index is 627. The maximum Gasteiger partial charge on any atom is 0.305 e. The molecule has 1 aromatic heterocycles. The van der Waals surface area contributed by atoms with Crippen molar-refractivity contribution in [1.29, 1.82) is 0 Å². The van der Waals surface area contributed by atoms with Crippen molar-refractivity contribution in [3.63, 3.8) is 0 Å². The van der Waals surface area contributed by atoms with E-state index in [0.717, 1.165) is 11.9 Å². The fourth-order valence-corrected chi connectivity index (χ4v) is 1.97. The van der Waals surface area contributed by atoms with Crippen molar-refractivity contribution in [1.82, 2.24) is 14.5 Å². The summed E-state index contributed by atoms with van der Waals surface area (Å²) in [4.78, 5) is 16.0. The van der Waals surface area contributed by atoms with Crippen molar-refractivity contribution in [2.45, 2.75) is 13.1 Å². The van der Waals surface area contributed by atoms with E-state index in [9.17, 15) is 14.5 Å². The molecule has 0 N–H and O–H groups in total. The van der Waals surface area contributed by atoms with E-state index in [1.807, 2.05) is 29.8 Å². The summed E-state index contributed by atoms with van der Waals surface area (Å²) in [5.74, 6) is 0.0718. The van der Waals surface area contributed by atoms with Gasteiger partial charge in [0.15, 0.2) is 0 Å². The Morgan fingerprint density at radius 3 is 2.80 bits per heavy atom. The number of nitrogens with zero attached hydrogens (tertiary/aromatic N) is 4. The van der Waals surface area contributed by atoms with Crippen molar-refractivity contribution in [2.75, 3.05) is 7.05 Å². The van der Waals surface area contributed by atoms with Crippen LogP contribution in [0, 0.1) is 15.9 Å². The van der Waals surface area contributed by atoms with E-state index in [0.29, 0.717) is 12.1 Å². The maximum atomic E-state index is 14.0. The molecule has 1 heterocycles. The average molecular weight is 278 g/mol. The molecule has 0 saturated carbocycles. The van der Waals surface area contributed by atoms with Gasteiger partial charge in [0.1, 0.15) is 5.82 Å². The van der Waals surface area contributed by atoms with E-state index in [-0.39, 0.29) is 6.54 Å². The van der Waals surface area contributed by atoms with Gasteiger partial charge in [-0.1, -0.05) is 12.1 Å². The molecule has 0 aliphatic heterocycles. The molecule has 0 saturated heterocycles. The van der Waals surface area contributed by atoms with Gasteiger partial charge in [-0.3, -0.25) is 15.0 Å². The highest BCUT2D eigenvalue weighted by Gasteiger charge is 2.18. The number of imidazole rings is 1. The third kappa shape index (κ3) is 3.00. The van der Waals surface area contributed by atoms with Crippen LogP contribution in [0.1, 0.15) is 11.4 Å². The van der Waals surface area contributed by atoms with Crippen LogP contribution in [0.3, 0.4) is 0 Å². The molecule has 106 valence electrons. The number of rotatable bonds is 5. The van der Waals surface area contributed by atoms with E-state index >= 15 is 0 Å². The number of halogens is 1. The number of benzene rings is 1. The molecule has 7 heteroatoms. The number of aromatic nitrogens is 2. The zero-order valence-corrected chi connectivity index (χ0v) is 11.3. The lowest BCUT2D eigenvalue weighted by Gasteiger charge is -2.16. The van der Waals surface area contributed by atoms with Gasteiger partial charge in [0, 0.05) is 37.6 Å². The molecular weight excluding hydrogens is 263 g/mol. The summed E-state index contributed by atoms with van der Waals surface area (Å²) in [6.07, 6.45) is 3.52. The first-order chi connectivity index (χ1) is 9.49. The van der Waals surface area contributed by atoms with Gasteiger partial charge < -0.3 is 4.57 Å². The predicted molar refractivity (Wildman–Crippen MR) is 71.4 cm³/mol. The van der Waals surface area contributed by atoms with Crippen LogP contribution in [0.4, 0.5) is 10.1 Å². The molecule has 6 nitrogen and oxygen atoms in total. The zero-order chi connectivity index (χ0) is 14.7. The van der Waals surface area contributed by atoms with Crippen molar-refractivity contribution < 1.29 is 9.31 Å². The molecule has 0 aliphatic carbocycles. The summed E-state index contributed by atoms with van der Waals surface area (Å²) in [5.41, 5.74) is -0.191. The average Bonchev–Trinajstić information content (AvgIpc) is 2.77. The number of hydrogen-bond donors (Lipinski definition) is 0. The first kappa shape index (κ1) is 14.1. The minimum atomic E-state index is -0.774. The molecule has 0 unspecified atom stereocenters. The lowest BCUT2D eigenvalue weighted by Crippen LogP contribution is -2.20. The third-order valence-electron chi connectivity index (χ3n) is 3.03. The SMILES string of the molecule is CN(Cc1cccc([N+](=O)[O-])c1F)Cc1nccn1C. The zero-order valence-electron chi connectivity index (χ0n) is 11.3. The Labute approximate surface area is 115 Å². The monoisotopic (exact) mass is 278 g/mol. The van der Waals surface area contributed by atoms with Gasteiger partial charge in [0.05, 0.1) is 11.5 Å². The molecule has 0 radical (unpaired) electrons. The summed E-state index contributed by atoms with van der Waals surface area (Å²) in [6, 6.07) is 4.21. The maximum absolute atomic E-state index is 14.0. The number of nitro benzene ring substituents is 1. The van der Waals surface area contributed by atoms with Gasteiger partial charge in [-0.25, -0.2) is 4.98 Å². The summed E-state index contributed by atoms with van der Waals surface area (Å²) < 4.78 is 15.8. The molecule has 0 amide bonds. The van der Waals surface area contributed by atoms with Crippen LogP contribution >= 0.6 is 0 Å². The van der Waals surface area contributed by atoms with Gasteiger partial charge in [-0.15, -0.1) is 0 Å². The Morgan fingerprint density at radius 2 is 2.20 bits per heavy atom. The van der Waals surface area contributed by atoms with Crippen molar-refractivity contribution in [3.05, 3.63) is 57.9 Å². The summed E-state index contributed by atoms with van der Waals surface area (Å²) in [5, 5.41) is 10.7. The first-order valence-electron chi connectivity index (χ1n) is 6.05. The molecular formula is C13H15FN4O2. The summed E-state index contributed by atoms with van der Waals surface area (Å²) >= 11 is 0. The fourth-order valence-electron chi connectivity index (χ4n) is 1.97. The summed E-state index contributed by atoms with van der Waals surface area (Å²) in [7, 11) is 3.69. The van der Waals surface area contributed by atoms with E-state index in [1.165, 1.54) is 6.07 Å². The molecule has 0 spiro atoms. The highest BCUT2D eigenvalue weighted by molar-refractivity contribution is 5.36. The second-order valence-corrected chi connectivity index (χ2v) is 4.63. The minimum absolute atomic E-state index is 0.278. The van der Waals surface area contributed by atoms with Crippen molar-refractivity contribution in [2.24, 2.45) is 7.05 Å². The molecule has 20 heavy (non-hydrogen) atoms. The van der Waals surface area contributed by atoms with Crippen LogP contribution in [0.5, 0.6) is 0 Å². The Kier molecular flexibility index (Phi) is 4.09. The molecule has 0 atom stereocenters. The van der Waals surface area contributed by atoms with Gasteiger partial charge in [0.25, 0.3) is 0 Å². The molecule has 0 fully saturated rings. The van der Waals surface area contributed by atoms with Crippen molar-refractivity contribution >= 4 is 5.69 Å². The lowest BCUT2D eigenvalue weighted by atomic mass is 10.1. The minimum Gasteiger partial charge on any atom is -0.337 e. The van der Waals surface area contributed by atoms with Crippen LogP contribution in [0.2, 0.25) is 0 Å². The molecule has 0 aliphatic rings. The molecule has 2 rings (SSSR count). The second kappa shape index (κ2) is 5.79. The lowest BCUT2D eigenvalue weighted by molar-refractivity contribution is -0.387. The van der Waals surface area contributed by atoms with E-state index in [2.05, 4.69) is 4.98 Å². The molecule has 1 aromatic carbocycles. The van der Waals surface area contributed by atoms with Crippen LogP contribution in [-0.4, -0.2) is 26.4 Å². The Balaban J connectivity index is 2.12. The summed E-state index contributed by atoms with van der Waals surface area (Å²) in [6.45, 7) is 0.812. The van der Waals surface area contributed by atoms with E-state index < -0.39 is 16.4 Å². The van der Waals surface area contributed by atoms with Gasteiger partial charge >= 0.3 is 5.69 Å². The van der Waals surface area contributed by atoms with Gasteiger partial charge in [-0.05, 0) is 7.05 Å². The topological polar surface area (TPSA) is 64.2 Å². The van der Waals surface area contributed by atoms with Gasteiger partial charge in [0.2, 0.25) is 5.82 Å². The van der Waals surface area contributed by atoms with Crippen LogP contribution in [-0.2, 0) is 20.1 Å². The third-order valence-corrected chi connectivity index (χ3v) is 3.03. The number of aryl methyl sites for hydroxylation is 1. The molecule has 2 aromatic rings. The normalized spacial score (nSPS) is 11.0. The second-order valence-electron chi connectivity index (χ2n) is 4.63. The smallest absolute Gasteiger partial charge is 0.305 e. The van der Waals surface area contributed by atoms with E-state index in [4.69, 9.17) is 0 Å².